The van der Waals surface area contributed by atoms with Gasteiger partial charge < -0.3 is 10.2 Å². The van der Waals surface area contributed by atoms with E-state index in [1.165, 1.54) is 29.8 Å². The van der Waals surface area contributed by atoms with Crippen LogP contribution in [0.15, 0.2) is 48.5 Å². The zero-order chi connectivity index (χ0) is 22.8. The molecule has 1 atom stereocenters. The molecule has 6 nitrogen and oxygen atoms in total. The summed E-state index contributed by atoms with van der Waals surface area (Å²) in [4.78, 5) is 40.9. The van der Waals surface area contributed by atoms with Crippen molar-refractivity contribution in [3.05, 3.63) is 65.5 Å². The van der Waals surface area contributed by atoms with Gasteiger partial charge in [0, 0.05) is 19.0 Å². The van der Waals surface area contributed by atoms with Crippen molar-refractivity contribution in [2.45, 2.75) is 64.1 Å². The van der Waals surface area contributed by atoms with Gasteiger partial charge in [-0.2, -0.15) is 0 Å². The highest BCUT2D eigenvalue weighted by Gasteiger charge is 2.40. The Labute approximate surface area is 187 Å². The second-order valence-corrected chi connectivity index (χ2v) is 8.84. The average Bonchev–Trinajstić information content (AvgIpc) is 3.57. The molecule has 1 heterocycles. The van der Waals surface area contributed by atoms with Gasteiger partial charge in [-0.05, 0) is 60.6 Å². The Balaban J connectivity index is 1.37. The number of amides is 4. The molecule has 2 aromatic rings. The molecule has 1 saturated heterocycles. The molecule has 1 N–H and O–H groups in total. The lowest BCUT2D eigenvalue weighted by Gasteiger charge is -2.23. The number of nitrogens with zero attached hydrogens (tertiary/aromatic N) is 2. The van der Waals surface area contributed by atoms with Crippen LogP contribution in [0.1, 0.15) is 56.6 Å². The van der Waals surface area contributed by atoms with E-state index in [0.29, 0.717) is 18.2 Å². The first-order valence-corrected chi connectivity index (χ1v) is 11.1. The van der Waals surface area contributed by atoms with Crippen molar-refractivity contribution in [2.24, 2.45) is 0 Å². The third-order valence-electron chi connectivity index (χ3n) is 6.06. The number of rotatable bonds is 8. The number of urea groups is 1. The summed E-state index contributed by atoms with van der Waals surface area (Å²) in [5.41, 5.74) is 2.66. The number of imide groups is 1. The van der Waals surface area contributed by atoms with E-state index in [4.69, 9.17) is 0 Å². The van der Waals surface area contributed by atoms with E-state index in [-0.39, 0.29) is 24.8 Å². The van der Waals surface area contributed by atoms with Crippen LogP contribution in [-0.4, -0.2) is 34.8 Å². The van der Waals surface area contributed by atoms with Crippen molar-refractivity contribution < 1.29 is 18.8 Å². The molecule has 2 aromatic carbocycles. The van der Waals surface area contributed by atoms with Crippen LogP contribution in [-0.2, 0) is 16.1 Å². The van der Waals surface area contributed by atoms with E-state index >= 15 is 0 Å². The van der Waals surface area contributed by atoms with Gasteiger partial charge in [-0.3, -0.25) is 9.59 Å². The zero-order valence-corrected chi connectivity index (χ0v) is 18.4. The molecule has 0 unspecified atom stereocenters. The predicted molar refractivity (Wildman–Crippen MR) is 120 cm³/mol. The van der Waals surface area contributed by atoms with Crippen LogP contribution >= 0.6 is 0 Å². The first-order valence-electron chi connectivity index (χ1n) is 11.1. The minimum atomic E-state index is -0.761. The third kappa shape index (κ3) is 4.82. The molecule has 2 aliphatic rings. The Morgan fingerprint density at radius 3 is 2.34 bits per heavy atom. The van der Waals surface area contributed by atoms with Gasteiger partial charge in [-0.25, -0.2) is 14.1 Å². The van der Waals surface area contributed by atoms with Crippen LogP contribution in [0, 0.1) is 5.82 Å². The number of carbonyl (C=O) groups is 3. The van der Waals surface area contributed by atoms with E-state index in [1.54, 1.807) is 0 Å². The van der Waals surface area contributed by atoms with Crippen LogP contribution in [0.5, 0.6) is 0 Å². The maximum Gasteiger partial charge on any atom is 0.329 e. The largest absolute Gasteiger partial charge is 0.335 e. The minimum absolute atomic E-state index is 0.0114. The number of halogens is 1. The monoisotopic (exact) mass is 437 g/mol. The Bertz CT molecular complexity index is 1000. The molecule has 0 radical (unpaired) electrons. The summed E-state index contributed by atoms with van der Waals surface area (Å²) in [6, 6.07) is 12.5. The molecule has 1 aliphatic carbocycles. The molecule has 168 valence electrons. The summed E-state index contributed by atoms with van der Waals surface area (Å²) < 4.78 is 13.2. The minimum Gasteiger partial charge on any atom is -0.335 e. The van der Waals surface area contributed by atoms with E-state index in [0.717, 1.165) is 23.3 Å². The standard InChI is InChI=1S/C25H28FN3O3/c1-16(2)18-5-3-17(4-6-18)15-28(20-11-12-20)23(30)14-13-22-24(31)29(25(32)27-22)21-9-7-19(26)8-10-21/h3-10,16,20,22H,11-15H2,1-2H3,(H,27,32)/t22-/m0/s1. The maximum atomic E-state index is 13.2. The Kier molecular flexibility index (Phi) is 6.26. The van der Waals surface area contributed by atoms with Crippen molar-refractivity contribution in [3.8, 4) is 0 Å². The number of benzene rings is 2. The first-order chi connectivity index (χ1) is 15.3. The quantitative estimate of drug-likeness (QED) is 0.625. The highest BCUT2D eigenvalue weighted by Crippen LogP contribution is 2.30. The highest BCUT2D eigenvalue weighted by atomic mass is 19.1. The van der Waals surface area contributed by atoms with Crippen LogP contribution in [0.4, 0.5) is 14.9 Å². The van der Waals surface area contributed by atoms with Crippen molar-refractivity contribution in [2.75, 3.05) is 4.90 Å². The summed E-state index contributed by atoms with van der Waals surface area (Å²) in [6.45, 7) is 4.85. The maximum absolute atomic E-state index is 13.2. The van der Waals surface area contributed by atoms with Gasteiger partial charge in [0.25, 0.3) is 5.91 Å². The lowest BCUT2D eigenvalue weighted by Crippen LogP contribution is -2.35. The number of hydrogen-bond acceptors (Lipinski definition) is 3. The molecule has 0 aromatic heterocycles. The van der Waals surface area contributed by atoms with E-state index in [9.17, 15) is 18.8 Å². The summed E-state index contributed by atoms with van der Waals surface area (Å²) in [5, 5.41) is 2.65. The van der Waals surface area contributed by atoms with Gasteiger partial charge in [0.1, 0.15) is 11.9 Å². The molecule has 0 spiro atoms. The van der Waals surface area contributed by atoms with Gasteiger partial charge in [-0.1, -0.05) is 38.1 Å². The Morgan fingerprint density at radius 1 is 1.09 bits per heavy atom. The van der Waals surface area contributed by atoms with Crippen molar-refractivity contribution >= 4 is 23.5 Å². The van der Waals surface area contributed by atoms with E-state index < -0.39 is 23.8 Å². The second kappa shape index (κ2) is 9.10. The smallest absolute Gasteiger partial charge is 0.329 e. The van der Waals surface area contributed by atoms with Crippen molar-refractivity contribution in [3.63, 3.8) is 0 Å². The van der Waals surface area contributed by atoms with E-state index in [1.807, 2.05) is 4.90 Å². The van der Waals surface area contributed by atoms with Crippen LogP contribution in [0.2, 0.25) is 0 Å². The second-order valence-electron chi connectivity index (χ2n) is 8.84. The topological polar surface area (TPSA) is 69.7 Å². The molecule has 7 heteroatoms. The fourth-order valence-electron chi connectivity index (χ4n) is 3.98. The molecule has 4 rings (SSSR count). The van der Waals surface area contributed by atoms with Crippen molar-refractivity contribution in [1.82, 2.24) is 10.2 Å². The molecular formula is C25H28FN3O3. The SMILES string of the molecule is CC(C)c1ccc(CN(C(=O)CC[C@@H]2NC(=O)N(c3ccc(F)cc3)C2=O)C2CC2)cc1. The van der Waals surface area contributed by atoms with E-state index in [2.05, 4.69) is 43.4 Å². The molecule has 1 aliphatic heterocycles. The van der Waals surface area contributed by atoms with Gasteiger partial charge >= 0.3 is 6.03 Å². The lowest BCUT2D eigenvalue weighted by atomic mass is 10.0. The van der Waals surface area contributed by atoms with Gasteiger partial charge in [0.2, 0.25) is 5.91 Å². The summed E-state index contributed by atoms with van der Waals surface area (Å²) >= 11 is 0. The highest BCUT2D eigenvalue weighted by molar-refractivity contribution is 6.21. The van der Waals surface area contributed by atoms with Gasteiger partial charge in [0.05, 0.1) is 5.69 Å². The molecule has 2 fully saturated rings. The van der Waals surface area contributed by atoms with Crippen molar-refractivity contribution in [1.29, 1.82) is 0 Å². The Hall–Kier alpha value is -3.22. The van der Waals surface area contributed by atoms with Crippen LogP contribution in [0.3, 0.4) is 0 Å². The molecule has 4 amide bonds. The van der Waals surface area contributed by atoms with Gasteiger partial charge in [0.15, 0.2) is 0 Å². The lowest BCUT2D eigenvalue weighted by molar-refractivity contribution is -0.132. The van der Waals surface area contributed by atoms with Gasteiger partial charge in [-0.15, -0.1) is 0 Å². The molecule has 32 heavy (non-hydrogen) atoms. The zero-order valence-electron chi connectivity index (χ0n) is 18.4. The number of hydrogen-bond donors (Lipinski definition) is 1. The molecule has 1 saturated carbocycles. The fraction of sp³-hybridized carbons (Fsp3) is 0.400. The first kappa shape index (κ1) is 22.0. The number of carbonyl (C=O) groups excluding carboxylic acids is 3. The summed E-state index contributed by atoms with van der Waals surface area (Å²) in [5.74, 6) is -0.416. The molecule has 0 bridgehead atoms. The fourth-order valence-corrected chi connectivity index (χ4v) is 3.98. The summed E-state index contributed by atoms with van der Waals surface area (Å²) in [7, 11) is 0. The number of anilines is 1. The normalized spacial score (nSPS) is 18.2. The average molecular weight is 438 g/mol. The molecular weight excluding hydrogens is 409 g/mol. The Morgan fingerprint density at radius 2 is 1.75 bits per heavy atom. The third-order valence-corrected chi connectivity index (χ3v) is 6.06. The number of nitrogens with one attached hydrogen (secondary N) is 1. The summed E-state index contributed by atoms with van der Waals surface area (Å²) in [6.07, 6.45) is 2.39. The predicted octanol–water partition coefficient (Wildman–Crippen LogP) is 4.35. The van der Waals surface area contributed by atoms with Crippen LogP contribution in [0.25, 0.3) is 0 Å². The van der Waals surface area contributed by atoms with Crippen LogP contribution < -0.4 is 10.2 Å².